The second-order valence-corrected chi connectivity index (χ2v) is 12.7. The van der Waals surface area contributed by atoms with Gasteiger partial charge in [-0.3, -0.25) is 20.4 Å². The summed E-state index contributed by atoms with van der Waals surface area (Å²) in [6.07, 6.45) is 2.80. The van der Waals surface area contributed by atoms with E-state index < -0.39 is 6.03 Å². The molecule has 1 saturated heterocycles. The lowest BCUT2D eigenvalue weighted by atomic mass is 10.2. The van der Waals surface area contributed by atoms with Gasteiger partial charge in [-0.2, -0.15) is 4.98 Å². The fraction of sp³-hybridized carbons (Fsp3) is 0.355. The number of thiazole rings is 1. The number of carbonyl (C=O) groups is 2. The number of hydrogen-bond acceptors (Lipinski definition) is 8. The highest BCUT2D eigenvalue weighted by Crippen LogP contribution is 2.22. The predicted molar refractivity (Wildman–Crippen MR) is 183 cm³/mol. The average molecular weight is 674 g/mol. The Kier molecular flexibility index (Phi) is 12.2. The summed E-state index contributed by atoms with van der Waals surface area (Å²) in [5.74, 6) is 0. The monoisotopic (exact) mass is 672 g/mol. The van der Waals surface area contributed by atoms with Crippen molar-refractivity contribution in [3.8, 4) is 0 Å². The average Bonchev–Trinajstić information content (AvgIpc) is 3.59. The molecule has 14 heteroatoms. The van der Waals surface area contributed by atoms with Crippen molar-refractivity contribution in [3.05, 3.63) is 80.6 Å². The molecule has 240 valence electrons. The van der Waals surface area contributed by atoms with Gasteiger partial charge in [-0.1, -0.05) is 35.3 Å². The molecule has 3 heterocycles. The Labute approximate surface area is 277 Å². The topological polar surface area (TPSA) is 128 Å². The van der Waals surface area contributed by atoms with E-state index in [1.54, 1.807) is 18.2 Å². The summed E-state index contributed by atoms with van der Waals surface area (Å²) >= 11 is 13.5. The molecule has 0 atom stereocenters. The van der Waals surface area contributed by atoms with E-state index in [0.717, 1.165) is 42.1 Å². The quantitative estimate of drug-likeness (QED) is 0.142. The van der Waals surface area contributed by atoms with Crippen molar-refractivity contribution in [2.45, 2.75) is 53.2 Å². The molecule has 0 radical (unpaired) electrons. The number of likely N-dealkylation sites (tertiary alicyclic amines) is 1. The predicted octanol–water partition coefficient (Wildman–Crippen LogP) is 8.08. The zero-order chi connectivity index (χ0) is 32.5. The third kappa shape index (κ3) is 10.7. The summed E-state index contributed by atoms with van der Waals surface area (Å²) in [5.41, 5.74) is 4.94. The lowest BCUT2D eigenvalue weighted by Gasteiger charge is -2.29. The first-order chi connectivity index (χ1) is 21.4. The molecule has 0 saturated carbocycles. The van der Waals surface area contributed by atoms with Crippen LogP contribution in [0.3, 0.4) is 0 Å². The minimum absolute atomic E-state index is 0.160. The normalized spacial score (nSPS) is 12.7. The first-order valence-corrected chi connectivity index (χ1v) is 16.1. The van der Waals surface area contributed by atoms with Gasteiger partial charge >= 0.3 is 18.1 Å². The van der Waals surface area contributed by atoms with Gasteiger partial charge in [0.15, 0.2) is 5.13 Å². The van der Waals surface area contributed by atoms with Gasteiger partial charge in [0, 0.05) is 45.9 Å². The molecule has 0 bridgehead atoms. The molecule has 2 aromatic heterocycles. The summed E-state index contributed by atoms with van der Waals surface area (Å²) in [6, 6.07) is 10.5. The number of halogens is 2. The number of hydrogen-bond donors (Lipinski definition) is 4. The maximum absolute atomic E-state index is 12.0. The van der Waals surface area contributed by atoms with Crippen LogP contribution < -0.4 is 21.3 Å². The fourth-order valence-corrected chi connectivity index (χ4v) is 5.00. The smallest absolute Gasteiger partial charge is 0.327 e. The number of carbonyl (C=O) groups excluding carboxylic acids is 2. The number of aromatic nitrogens is 2. The molecule has 45 heavy (non-hydrogen) atoms. The summed E-state index contributed by atoms with van der Waals surface area (Å²) in [4.78, 5) is 37.0. The van der Waals surface area contributed by atoms with E-state index in [-0.39, 0.29) is 12.0 Å². The summed E-state index contributed by atoms with van der Waals surface area (Å²) < 4.78 is 5.26. The summed E-state index contributed by atoms with van der Waals surface area (Å²) in [7, 11) is 2.00. The number of rotatable bonds is 9. The van der Waals surface area contributed by atoms with Crippen LogP contribution in [0.25, 0.3) is 0 Å². The summed E-state index contributed by atoms with van der Waals surface area (Å²) in [6.45, 7) is 11.8. The molecular formula is C31H38Cl2N8O3S. The minimum Gasteiger partial charge on any atom is -0.432 e. The second kappa shape index (κ2) is 16.1. The number of oxazole rings is 1. The SMILES string of the molecule is Cc1ccc(NC(=O)Nc2nc(CN(C)C(C)C)co2)cc1Cl.Cc1ccc(NC(=O)Nc2nc(CN3CCC3)cs2)cc1Cl. The van der Waals surface area contributed by atoms with Crippen molar-refractivity contribution in [2.75, 3.05) is 41.4 Å². The van der Waals surface area contributed by atoms with Gasteiger partial charge < -0.3 is 15.1 Å². The molecule has 4 aromatic rings. The second-order valence-electron chi connectivity index (χ2n) is 11.0. The molecule has 1 aliphatic rings. The molecule has 0 unspecified atom stereocenters. The van der Waals surface area contributed by atoms with Crippen LogP contribution in [0.15, 0.2) is 52.5 Å². The van der Waals surface area contributed by atoms with E-state index in [9.17, 15) is 9.59 Å². The van der Waals surface area contributed by atoms with Crippen LogP contribution in [-0.4, -0.2) is 58.0 Å². The fourth-order valence-electron chi connectivity index (χ4n) is 3.94. The highest BCUT2D eigenvalue weighted by molar-refractivity contribution is 7.13. The molecule has 0 spiro atoms. The van der Waals surface area contributed by atoms with Gasteiger partial charge in [-0.05, 0) is 89.6 Å². The van der Waals surface area contributed by atoms with Crippen LogP contribution in [0.5, 0.6) is 0 Å². The van der Waals surface area contributed by atoms with Crippen LogP contribution >= 0.6 is 34.5 Å². The minimum atomic E-state index is -0.435. The Morgan fingerprint density at radius 2 is 1.53 bits per heavy atom. The van der Waals surface area contributed by atoms with E-state index in [1.165, 1.54) is 24.0 Å². The van der Waals surface area contributed by atoms with Gasteiger partial charge in [0.1, 0.15) is 6.26 Å². The number of urea groups is 2. The van der Waals surface area contributed by atoms with E-state index >= 15 is 0 Å². The number of aryl methyl sites for hydroxylation is 2. The lowest BCUT2D eigenvalue weighted by Crippen LogP contribution is -2.36. The van der Waals surface area contributed by atoms with Crippen molar-refractivity contribution in [2.24, 2.45) is 0 Å². The molecule has 11 nitrogen and oxygen atoms in total. The number of nitrogens with zero attached hydrogens (tertiary/aromatic N) is 4. The first kappa shape index (κ1) is 34.2. The van der Waals surface area contributed by atoms with E-state index in [1.807, 2.05) is 44.5 Å². The third-order valence-corrected chi connectivity index (χ3v) is 8.65. The molecule has 2 aromatic carbocycles. The van der Waals surface area contributed by atoms with E-state index in [4.69, 9.17) is 27.6 Å². The third-order valence-electron chi connectivity index (χ3n) is 7.03. The molecule has 1 fully saturated rings. The van der Waals surface area contributed by atoms with Crippen molar-refractivity contribution >= 4 is 69.1 Å². The molecular weight excluding hydrogens is 635 g/mol. The Morgan fingerprint density at radius 1 is 0.933 bits per heavy atom. The Hall–Kier alpha value is -3.68. The zero-order valence-corrected chi connectivity index (χ0v) is 28.2. The van der Waals surface area contributed by atoms with Crippen molar-refractivity contribution in [1.29, 1.82) is 0 Å². The summed E-state index contributed by atoms with van der Waals surface area (Å²) in [5, 5.41) is 14.6. The Morgan fingerprint density at radius 3 is 2.07 bits per heavy atom. The molecule has 0 aliphatic carbocycles. The molecule has 5 rings (SSSR count). The van der Waals surface area contributed by atoms with Crippen LogP contribution in [-0.2, 0) is 13.1 Å². The highest BCUT2D eigenvalue weighted by Gasteiger charge is 2.16. The lowest BCUT2D eigenvalue weighted by molar-refractivity contribution is 0.171. The van der Waals surface area contributed by atoms with Gasteiger partial charge in [-0.15, -0.1) is 11.3 Å². The molecule has 4 amide bonds. The molecule has 4 N–H and O–H groups in total. The zero-order valence-electron chi connectivity index (χ0n) is 25.9. The van der Waals surface area contributed by atoms with Crippen molar-refractivity contribution in [1.82, 2.24) is 19.8 Å². The van der Waals surface area contributed by atoms with Gasteiger partial charge in [0.25, 0.3) is 0 Å². The number of nitrogens with one attached hydrogen (secondary N) is 4. The van der Waals surface area contributed by atoms with Crippen LogP contribution in [0.4, 0.5) is 32.1 Å². The van der Waals surface area contributed by atoms with E-state index in [2.05, 4.69) is 54.9 Å². The largest absolute Gasteiger partial charge is 0.432 e. The number of anilines is 4. The Balaban J connectivity index is 0.000000205. The number of amides is 4. The Bertz CT molecular complexity index is 1610. The van der Waals surface area contributed by atoms with Crippen LogP contribution in [0.2, 0.25) is 10.0 Å². The van der Waals surface area contributed by atoms with Crippen molar-refractivity contribution < 1.29 is 14.0 Å². The van der Waals surface area contributed by atoms with E-state index in [0.29, 0.717) is 39.1 Å². The molecule has 1 aliphatic heterocycles. The standard InChI is InChI=1S/C16H21ClN4O2.C15H17ClN4OS/c1-10(2)21(4)8-13-9-23-16(19-13)20-15(22)18-12-6-5-11(3)14(17)7-12;1-10-3-4-11(7-13(10)16)17-14(21)19-15-18-12(9-22-15)8-20-5-2-6-20/h5-7,9-10H,8H2,1-4H3,(H2,18,19,20,22);3-4,7,9H,2,5-6,8H2,1H3,(H2,17,18,19,21). The highest BCUT2D eigenvalue weighted by atomic mass is 35.5. The van der Waals surface area contributed by atoms with Gasteiger partial charge in [0.2, 0.25) is 0 Å². The van der Waals surface area contributed by atoms with Gasteiger partial charge in [-0.25, -0.2) is 14.6 Å². The van der Waals surface area contributed by atoms with Crippen LogP contribution in [0.1, 0.15) is 42.8 Å². The number of benzene rings is 2. The maximum Gasteiger partial charge on any atom is 0.327 e. The van der Waals surface area contributed by atoms with Crippen LogP contribution in [0, 0.1) is 13.8 Å². The van der Waals surface area contributed by atoms with Gasteiger partial charge in [0.05, 0.1) is 11.4 Å². The first-order valence-electron chi connectivity index (χ1n) is 14.4. The van der Waals surface area contributed by atoms with Crippen molar-refractivity contribution in [3.63, 3.8) is 0 Å². The maximum atomic E-state index is 12.0.